The van der Waals surface area contributed by atoms with Gasteiger partial charge in [0.15, 0.2) is 5.78 Å². The van der Waals surface area contributed by atoms with Gasteiger partial charge in [-0.1, -0.05) is 28.1 Å². The van der Waals surface area contributed by atoms with Crippen LogP contribution < -0.4 is 0 Å². The van der Waals surface area contributed by atoms with Crippen LogP contribution in [0.15, 0.2) is 46.9 Å². The largest absolute Gasteiger partial charge is 0.292 e. The van der Waals surface area contributed by atoms with Crippen molar-refractivity contribution in [3.8, 4) is 6.07 Å². The van der Waals surface area contributed by atoms with Gasteiger partial charge in [0.1, 0.15) is 11.7 Å². The number of hydrogen-bond donors (Lipinski definition) is 0. The first-order valence-electron chi connectivity index (χ1n) is 5.98. The molecule has 0 spiro atoms. The van der Waals surface area contributed by atoms with E-state index < -0.39 is 17.5 Å². The lowest BCUT2D eigenvalue weighted by molar-refractivity contribution is 0.0978. The molecule has 0 aliphatic carbocycles. The Hall–Kier alpha value is -1.99. The highest BCUT2D eigenvalue weighted by molar-refractivity contribution is 9.10. The van der Waals surface area contributed by atoms with Crippen molar-refractivity contribution in [3.63, 3.8) is 0 Å². The Morgan fingerprint density at radius 1 is 1.25 bits per heavy atom. The lowest BCUT2D eigenvalue weighted by atomic mass is 9.91. The third kappa shape index (κ3) is 3.12. The maximum atomic E-state index is 13.4. The van der Waals surface area contributed by atoms with E-state index >= 15 is 0 Å². The second kappa shape index (κ2) is 5.98. The minimum atomic E-state index is -0.927. The number of Topliss-reactive ketones (excluding diaryl/α,β-unsaturated/α-hetero) is 1. The Labute approximate surface area is 125 Å². The topological polar surface area (TPSA) is 40.9 Å². The van der Waals surface area contributed by atoms with Gasteiger partial charge in [-0.25, -0.2) is 4.39 Å². The molecule has 2 nitrogen and oxygen atoms in total. The molecule has 2 aromatic rings. The maximum absolute atomic E-state index is 13.4. The van der Waals surface area contributed by atoms with Crippen molar-refractivity contribution < 1.29 is 9.18 Å². The van der Waals surface area contributed by atoms with Crippen molar-refractivity contribution in [2.75, 3.05) is 0 Å². The van der Waals surface area contributed by atoms with Gasteiger partial charge in [-0.15, -0.1) is 0 Å². The molecule has 0 fully saturated rings. The fourth-order valence-corrected chi connectivity index (χ4v) is 2.25. The number of hydrogen-bond acceptors (Lipinski definition) is 2. The molecule has 0 heterocycles. The molecular formula is C16H11BrFNO. The fraction of sp³-hybridized carbons (Fsp3) is 0.125. The summed E-state index contributed by atoms with van der Waals surface area (Å²) in [7, 11) is 0. The Bertz CT molecular complexity index is 668. The molecule has 4 heteroatoms. The molecule has 0 bridgehead atoms. The van der Waals surface area contributed by atoms with Crippen molar-refractivity contribution in [2.45, 2.75) is 12.8 Å². The lowest BCUT2D eigenvalue weighted by Crippen LogP contribution is -2.11. The summed E-state index contributed by atoms with van der Waals surface area (Å²) >= 11 is 3.30. The van der Waals surface area contributed by atoms with Crippen LogP contribution in [0.1, 0.15) is 27.4 Å². The van der Waals surface area contributed by atoms with E-state index in [2.05, 4.69) is 15.9 Å². The van der Waals surface area contributed by atoms with Crippen molar-refractivity contribution in [2.24, 2.45) is 0 Å². The van der Waals surface area contributed by atoms with Gasteiger partial charge in [-0.05, 0) is 48.4 Å². The van der Waals surface area contributed by atoms with Gasteiger partial charge in [0.2, 0.25) is 0 Å². The number of ketones is 1. The monoisotopic (exact) mass is 331 g/mol. The molecule has 0 aliphatic rings. The van der Waals surface area contributed by atoms with Crippen LogP contribution in [-0.4, -0.2) is 5.78 Å². The van der Waals surface area contributed by atoms with Crippen LogP contribution in [0.25, 0.3) is 0 Å². The summed E-state index contributed by atoms with van der Waals surface area (Å²) in [5, 5.41) is 9.24. The number of carbonyl (C=O) groups excluding carboxylic acids is 1. The second-order valence-corrected chi connectivity index (χ2v) is 5.41. The molecule has 1 atom stereocenters. The van der Waals surface area contributed by atoms with Crippen LogP contribution in [-0.2, 0) is 0 Å². The SMILES string of the molecule is Cc1cc(F)cc(C(=O)C(C#N)c2ccc(Br)cc2)c1. The molecule has 0 radical (unpaired) electrons. The summed E-state index contributed by atoms with van der Waals surface area (Å²) in [6.45, 7) is 1.71. The van der Waals surface area contributed by atoms with Crippen LogP contribution in [0.4, 0.5) is 4.39 Å². The molecule has 0 aromatic heterocycles. The Morgan fingerprint density at radius 2 is 1.90 bits per heavy atom. The van der Waals surface area contributed by atoms with Crippen molar-refractivity contribution in [1.29, 1.82) is 5.26 Å². The molecule has 20 heavy (non-hydrogen) atoms. The molecule has 0 aliphatic heterocycles. The van der Waals surface area contributed by atoms with E-state index in [1.807, 2.05) is 6.07 Å². The summed E-state index contributed by atoms with van der Waals surface area (Å²) in [6.07, 6.45) is 0. The summed E-state index contributed by atoms with van der Waals surface area (Å²) in [5.74, 6) is -1.79. The highest BCUT2D eigenvalue weighted by Crippen LogP contribution is 2.23. The van der Waals surface area contributed by atoms with Crippen LogP contribution in [0.2, 0.25) is 0 Å². The van der Waals surface area contributed by atoms with E-state index in [1.165, 1.54) is 12.1 Å². The standard InChI is InChI=1S/C16H11BrFNO/c1-10-6-12(8-14(18)7-10)16(20)15(9-19)11-2-4-13(17)5-3-11/h2-8,15H,1H3. The van der Waals surface area contributed by atoms with E-state index in [0.29, 0.717) is 11.1 Å². The van der Waals surface area contributed by atoms with E-state index in [-0.39, 0.29) is 5.56 Å². The Balaban J connectivity index is 2.39. The van der Waals surface area contributed by atoms with E-state index in [1.54, 1.807) is 37.3 Å². The summed E-state index contributed by atoms with van der Waals surface area (Å²) < 4.78 is 14.2. The summed E-state index contributed by atoms with van der Waals surface area (Å²) in [5.41, 5.74) is 1.47. The highest BCUT2D eigenvalue weighted by Gasteiger charge is 2.22. The first kappa shape index (κ1) is 14.4. The van der Waals surface area contributed by atoms with Gasteiger partial charge in [0.25, 0.3) is 0 Å². The minimum Gasteiger partial charge on any atom is -0.292 e. The molecule has 100 valence electrons. The van der Waals surface area contributed by atoms with Crippen LogP contribution >= 0.6 is 15.9 Å². The third-order valence-corrected chi connectivity index (χ3v) is 3.45. The number of rotatable bonds is 3. The first-order valence-corrected chi connectivity index (χ1v) is 6.77. The number of nitriles is 1. The molecule has 2 rings (SSSR count). The lowest BCUT2D eigenvalue weighted by Gasteiger charge is -2.09. The van der Waals surface area contributed by atoms with Gasteiger partial charge in [0.05, 0.1) is 6.07 Å². The number of halogens is 2. The molecule has 0 N–H and O–H groups in total. The quantitative estimate of drug-likeness (QED) is 0.783. The third-order valence-electron chi connectivity index (χ3n) is 2.92. The molecule has 1 unspecified atom stereocenters. The molecule has 0 amide bonds. The van der Waals surface area contributed by atoms with E-state index in [0.717, 1.165) is 4.47 Å². The Kier molecular flexibility index (Phi) is 4.31. The summed E-state index contributed by atoms with van der Waals surface area (Å²) in [6, 6.07) is 13.0. The minimum absolute atomic E-state index is 0.219. The van der Waals surface area contributed by atoms with Gasteiger partial charge in [-0.3, -0.25) is 4.79 Å². The maximum Gasteiger partial charge on any atom is 0.184 e. The zero-order chi connectivity index (χ0) is 14.7. The predicted molar refractivity (Wildman–Crippen MR) is 78.0 cm³/mol. The Morgan fingerprint density at radius 3 is 2.45 bits per heavy atom. The van der Waals surface area contributed by atoms with Gasteiger partial charge in [0, 0.05) is 10.0 Å². The molecule has 0 saturated heterocycles. The zero-order valence-electron chi connectivity index (χ0n) is 10.7. The van der Waals surface area contributed by atoms with Gasteiger partial charge >= 0.3 is 0 Å². The van der Waals surface area contributed by atoms with E-state index in [9.17, 15) is 14.4 Å². The normalized spacial score (nSPS) is 11.7. The fourth-order valence-electron chi connectivity index (χ4n) is 1.99. The van der Waals surface area contributed by atoms with Crippen molar-refractivity contribution in [1.82, 2.24) is 0 Å². The van der Waals surface area contributed by atoms with E-state index in [4.69, 9.17) is 0 Å². The van der Waals surface area contributed by atoms with Gasteiger partial charge < -0.3 is 0 Å². The number of aryl methyl sites for hydroxylation is 1. The van der Waals surface area contributed by atoms with Crippen LogP contribution in [0, 0.1) is 24.1 Å². The first-order chi connectivity index (χ1) is 9.51. The van der Waals surface area contributed by atoms with Crippen molar-refractivity contribution >= 4 is 21.7 Å². The number of nitrogens with zero attached hydrogens (tertiary/aromatic N) is 1. The second-order valence-electron chi connectivity index (χ2n) is 4.50. The predicted octanol–water partition coefficient (Wildman–Crippen LogP) is 4.39. The highest BCUT2D eigenvalue weighted by atomic mass is 79.9. The molecule has 2 aromatic carbocycles. The van der Waals surface area contributed by atoms with Crippen LogP contribution in [0.5, 0.6) is 0 Å². The molecular weight excluding hydrogens is 321 g/mol. The van der Waals surface area contributed by atoms with Gasteiger partial charge in [-0.2, -0.15) is 5.26 Å². The van der Waals surface area contributed by atoms with Crippen molar-refractivity contribution in [3.05, 3.63) is 69.4 Å². The summed E-state index contributed by atoms with van der Waals surface area (Å²) in [4.78, 5) is 12.4. The average molecular weight is 332 g/mol. The average Bonchev–Trinajstić information content (AvgIpc) is 2.40. The van der Waals surface area contributed by atoms with Crippen LogP contribution in [0.3, 0.4) is 0 Å². The smallest absolute Gasteiger partial charge is 0.184 e. The number of benzene rings is 2. The zero-order valence-corrected chi connectivity index (χ0v) is 12.3. The molecule has 0 saturated carbocycles. The number of carbonyl (C=O) groups is 1.